The van der Waals surface area contributed by atoms with E-state index in [-0.39, 0.29) is 0 Å². The number of nitrogens with one attached hydrogen (secondary N) is 1. The largest absolute Gasteiger partial charge is 0.398 e. The Bertz CT molecular complexity index is 468. The van der Waals surface area contributed by atoms with Crippen LogP contribution in [0, 0.1) is 0 Å². The first-order chi connectivity index (χ1) is 8.31. The highest BCUT2D eigenvalue weighted by Gasteiger charge is 2.04. The number of thiophene rings is 1. The first-order valence-electron chi connectivity index (χ1n) is 5.46. The smallest absolute Gasteiger partial charge is 0.0635 e. The van der Waals surface area contributed by atoms with Crippen molar-refractivity contribution in [2.24, 2.45) is 0 Å². The molecule has 2 aromatic rings. The highest BCUT2D eigenvalue weighted by molar-refractivity contribution is 7.08. The molecule has 17 heavy (non-hydrogen) atoms. The lowest BCUT2D eigenvalue weighted by molar-refractivity contribution is 0.211. The Balaban J connectivity index is 2.18. The van der Waals surface area contributed by atoms with Crippen LogP contribution in [-0.2, 0) is 4.74 Å². The molecule has 3 N–H and O–H groups in total. The second-order valence-corrected chi connectivity index (χ2v) is 4.51. The Hall–Kier alpha value is -1.52. The summed E-state index contributed by atoms with van der Waals surface area (Å²) in [6.07, 6.45) is 0. The summed E-state index contributed by atoms with van der Waals surface area (Å²) in [5, 5.41) is 7.46. The third kappa shape index (κ3) is 2.99. The van der Waals surface area contributed by atoms with Crippen molar-refractivity contribution < 1.29 is 4.74 Å². The van der Waals surface area contributed by atoms with Crippen LogP contribution in [0.15, 0.2) is 35.0 Å². The maximum atomic E-state index is 5.99. The molecule has 0 saturated carbocycles. The molecule has 3 nitrogen and oxygen atoms in total. The molecule has 0 fully saturated rings. The number of nitrogen functional groups attached to an aromatic ring is 1. The zero-order chi connectivity index (χ0) is 12.1. The number of benzene rings is 1. The van der Waals surface area contributed by atoms with Gasteiger partial charge in [-0.15, -0.1) is 0 Å². The van der Waals surface area contributed by atoms with Crippen molar-refractivity contribution in [3.8, 4) is 11.1 Å². The summed E-state index contributed by atoms with van der Waals surface area (Å²) < 4.78 is 5.00. The van der Waals surface area contributed by atoms with Crippen LogP contribution in [-0.4, -0.2) is 20.3 Å². The average molecular weight is 248 g/mol. The van der Waals surface area contributed by atoms with Gasteiger partial charge >= 0.3 is 0 Å². The topological polar surface area (TPSA) is 47.3 Å². The second kappa shape index (κ2) is 5.70. The van der Waals surface area contributed by atoms with Gasteiger partial charge in [0.05, 0.1) is 6.61 Å². The number of anilines is 2. The molecule has 0 bridgehead atoms. The first kappa shape index (κ1) is 12.0. The van der Waals surface area contributed by atoms with Crippen LogP contribution in [0.3, 0.4) is 0 Å². The Morgan fingerprint density at radius 1 is 1.35 bits per heavy atom. The Kier molecular flexibility index (Phi) is 4.01. The van der Waals surface area contributed by atoms with E-state index < -0.39 is 0 Å². The SMILES string of the molecule is COCCNc1ccc(N)c(-c2ccsc2)c1. The molecule has 90 valence electrons. The van der Waals surface area contributed by atoms with Gasteiger partial charge in [0.2, 0.25) is 0 Å². The number of ether oxygens (including phenoxy) is 1. The van der Waals surface area contributed by atoms with Gasteiger partial charge in [-0.2, -0.15) is 11.3 Å². The molecule has 0 saturated heterocycles. The molecule has 1 heterocycles. The molecule has 0 spiro atoms. The molecule has 0 aliphatic heterocycles. The van der Waals surface area contributed by atoms with Crippen LogP contribution in [0.25, 0.3) is 11.1 Å². The van der Waals surface area contributed by atoms with Crippen LogP contribution in [0.4, 0.5) is 11.4 Å². The molecule has 0 unspecified atom stereocenters. The highest BCUT2D eigenvalue weighted by atomic mass is 32.1. The standard InChI is InChI=1S/C13H16N2OS/c1-16-6-5-15-11-2-3-13(14)12(8-11)10-4-7-17-9-10/h2-4,7-9,15H,5-6,14H2,1H3. The third-order valence-electron chi connectivity index (χ3n) is 2.52. The van der Waals surface area contributed by atoms with Crippen LogP contribution >= 0.6 is 11.3 Å². The van der Waals surface area contributed by atoms with Gasteiger partial charge in [-0.05, 0) is 40.6 Å². The second-order valence-electron chi connectivity index (χ2n) is 3.73. The van der Waals surface area contributed by atoms with E-state index in [9.17, 15) is 0 Å². The Morgan fingerprint density at radius 2 is 2.24 bits per heavy atom. The molecule has 0 atom stereocenters. The van der Waals surface area contributed by atoms with Gasteiger partial charge in [-0.3, -0.25) is 0 Å². The third-order valence-corrected chi connectivity index (χ3v) is 3.20. The minimum Gasteiger partial charge on any atom is -0.398 e. The number of rotatable bonds is 5. The van der Waals surface area contributed by atoms with Gasteiger partial charge in [0.1, 0.15) is 0 Å². The quantitative estimate of drug-likeness (QED) is 0.631. The van der Waals surface area contributed by atoms with E-state index in [1.807, 2.05) is 12.1 Å². The van der Waals surface area contributed by atoms with Crippen molar-refractivity contribution in [3.63, 3.8) is 0 Å². The van der Waals surface area contributed by atoms with Crippen molar-refractivity contribution in [1.29, 1.82) is 0 Å². The number of methoxy groups -OCH3 is 1. The number of nitrogens with two attached hydrogens (primary N) is 1. The minimum absolute atomic E-state index is 0.693. The van der Waals surface area contributed by atoms with Crippen molar-refractivity contribution >= 4 is 22.7 Å². The van der Waals surface area contributed by atoms with E-state index in [0.29, 0.717) is 6.61 Å². The fourth-order valence-corrected chi connectivity index (χ4v) is 2.29. The van der Waals surface area contributed by atoms with Gasteiger partial charge in [0.15, 0.2) is 0 Å². The normalized spacial score (nSPS) is 10.4. The summed E-state index contributed by atoms with van der Waals surface area (Å²) in [4.78, 5) is 0. The molecule has 0 amide bonds. The molecule has 2 rings (SSSR count). The monoisotopic (exact) mass is 248 g/mol. The van der Waals surface area contributed by atoms with Crippen LogP contribution in [0.1, 0.15) is 0 Å². The molecule has 0 aliphatic carbocycles. The Morgan fingerprint density at radius 3 is 2.94 bits per heavy atom. The molecule has 1 aromatic carbocycles. The summed E-state index contributed by atoms with van der Waals surface area (Å²) >= 11 is 1.67. The molecule has 4 heteroatoms. The van der Waals surface area contributed by atoms with Crippen molar-refractivity contribution in [1.82, 2.24) is 0 Å². The van der Waals surface area contributed by atoms with Gasteiger partial charge in [-0.25, -0.2) is 0 Å². The highest BCUT2D eigenvalue weighted by Crippen LogP contribution is 2.30. The van der Waals surface area contributed by atoms with Crippen molar-refractivity contribution in [2.75, 3.05) is 31.3 Å². The zero-order valence-electron chi connectivity index (χ0n) is 9.77. The van der Waals surface area contributed by atoms with Crippen molar-refractivity contribution in [3.05, 3.63) is 35.0 Å². The maximum Gasteiger partial charge on any atom is 0.0635 e. The first-order valence-corrected chi connectivity index (χ1v) is 6.40. The predicted molar refractivity (Wildman–Crippen MR) is 74.5 cm³/mol. The maximum absolute atomic E-state index is 5.99. The minimum atomic E-state index is 0.693. The van der Waals surface area contributed by atoms with E-state index >= 15 is 0 Å². The van der Waals surface area contributed by atoms with E-state index in [1.165, 1.54) is 5.56 Å². The van der Waals surface area contributed by atoms with Crippen LogP contribution in [0.5, 0.6) is 0 Å². The average Bonchev–Trinajstić information content (AvgIpc) is 2.85. The van der Waals surface area contributed by atoms with E-state index in [4.69, 9.17) is 10.5 Å². The van der Waals surface area contributed by atoms with Crippen molar-refractivity contribution in [2.45, 2.75) is 0 Å². The lowest BCUT2D eigenvalue weighted by atomic mass is 10.1. The molecule has 0 aliphatic rings. The van der Waals surface area contributed by atoms with Crippen LogP contribution < -0.4 is 11.1 Å². The van der Waals surface area contributed by atoms with Gasteiger partial charge in [0, 0.05) is 30.6 Å². The van der Waals surface area contributed by atoms with E-state index in [2.05, 4.69) is 28.2 Å². The lowest BCUT2D eigenvalue weighted by Gasteiger charge is -2.09. The molecular weight excluding hydrogens is 232 g/mol. The van der Waals surface area contributed by atoms with E-state index in [1.54, 1.807) is 18.4 Å². The summed E-state index contributed by atoms with van der Waals surface area (Å²) in [6, 6.07) is 8.07. The van der Waals surface area contributed by atoms with Gasteiger partial charge in [-0.1, -0.05) is 0 Å². The van der Waals surface area contributed by atoms with Crippen LogP contribution in [0.2, 0.25) is 0 Å². The molecular formula is C13H16N2OS. The molecule has 0 radical (unpaired) electrons. The fraction of sp³-hybridized carbons (Fsp3) is 0.231. The lowest BCUT2D eigenvalue weighted by Crippen LogP contribution is -2.07. The predicted octanol–water partition coefficient (Wildman–Crippen LogP) is 3.06. The summed E-state index contributed by atoms with van der Waals surface area (Å²) in [7, 11) is 1.70. The Labute approximate surface area is 105 Å². The number of hydrogen-bond acceptors (Lipinski definition) is 4. The molecule has 1 aromatic heterocycles. The number of hydrogen-bond donors (Lipinski definition) is 2. The fourth-order valence-electron chi connectivity index (χ4n) is 1.63. The summed E-state index contributed by atoms with van der Waals surface area (Å²) in [6.45, 7) is 1.49. The van der Waals surface area contributed by atoms with Gasteiger partial charge in [0.25, 0.3) is 0 Å². The van der Waals surface area contributed by atoms with Gasteiger partial charge < -0.3 is 15.8 Å². The van der Waals surface area contributed by atoms with E-state index in [0.717, 1.165) is 23.5 Å². The summed E-state index contributed by atoms with van der Waals surface area (Å²) in [5.74, 6) is 0. The summed E-state index contributed by atoms with van der Waals surface area (Å²) in [5.41, 5.74) is 10.1. The zero-order valence-corrected chi connectivity index (χ0v) is 10.6.